The summed E-state index contributed by atoms with van der Waals surface area (Å²) in [7, 11) is 0. The number of halogens is 2. The van der Waals surface area contributed by atoms with Crippen molar-refractivity contribution in [1.29, 1.82) is 0 Å². The Morgan fingerprint density at radius 2 is 2.29 bits per heavy atom. The molecule has 0 radical (unpaired) electrons. The van der Waals surface area contributed by atoms with Crippen molar-refractivity contribution in [2.45, 2.75) is 51.3 Å². The molecule has 0 unspecified atom stereocenters. The van der Waals surface area contributed by atoms with Crippen LogP contribution < -0.4 is 5.32 Å². The van der Waals surface area contributed by atoms with Gasteiger partial charge < -0.3 is 14.8 Å². The van der Waals surface area contributed by atoms with Crippen molar-refractivity contribution in [2.75, 3.05) is 19.8 Å². The Balaban J connectivity index is 1.69. The van der Waals surface area contributed by atoms with Crippen LogP contribution in [0.5, 0.6) is 0 Å². The number of ether oxygens (including phenoxy) is 2. The highest BCUT2D eigenvalue weighted by Gasteiger charge is 2.56. The minimum atomic E-state index is -2.55. The van der Waals surface area contributed by atoms with E-state index in [0.29, 0.717) is 19.8 Å². The van der Waals surface area contributed by atoms with Gasteiger partial charge in [0.25, 0.3) is 12.3 Å². The third kappa shape index (κ3) is 3.17. The molecule has 2 heterocycles. The van der Waals surface area contributed by atoms with E-state index in [1.807, 2.05) is 6.92 Å². The van der Waals surface area contributed by atoms with Crippen LogP contribution in [0.4, 0.5) is 8.78 Å². The highest BCUT2D eigenvalue weighted by Crippen LogP contribution is 2.50. The van der Waals surface area contributed by atoms with Crippen molar-refractivity contribution in [1.82, 2.24) is 15.1 Å². The summed E-state index contributed by atoms with van der Waals surface area (Å²) in [5.74, 6) is -0.362. The lowest BCUT2D eigenvalue weighted by Crippen LogP contribution is -2.66. The van der Waals surface area contributed by atoms with E-state index in [1.165, 1.54) is 12.3 Å². The summed E-state index contributed by atoms with van der Waals surface area (Å²) in [4.78, 5) is 12.5. The number of amides is 1. The van der Waals surface area contributed by atoms with Gasteiger partial charge in [0.15, 0.2) is 0 Å². The molecule has 1 spiro atoms. The Morgan fingerprint density at radius 3 is 2.96 bits per heavy atom. The highest BCUT2D eigenvalue weighted by atomic mass is 19.3. The Hall–Kier alpha value is -1.54. The van der Waals surface area contributed by atoms with Gasteiger partial charge in [-0.05, 0) is 32.3 Å². The quantitative estimate of drug-likeness (QED) is 0.856. The lowest BCUT2D eigenvalue weighted by atomic mass is 9.57. The van der Waals surface area contributed by atoms with Crippen molar-refractivity contribution in [3.63, 3.8) is 0 Å². The molecular formula is C16H23F2N3O3. The zero-order valence-electron chi connectivity index (χ0n) is 13.7. The molecule has 0 bridgehead atoms. The molecule has 1 aromatic rings. The number of carbonyl (C=O) groups is 1. The van der Waals surface area contributed by atoms with E-state index in [0.717, 1.165) is 23.9 Å². The molecule has 24 heavy (non-hydrogen) atoms. The van der Waals surface area contributed by atoms with Crippen molar-refractivity contribution in [2.24, 2.45) is 5.41 Å². The maximum atomic E-state index is 12.6. The maximum Gasteiger partial charge on any atom is 0.269 e. The summed E-state index contributed by atoms with van der Waals surface area (Å²) in [6.45, 7) is 3.32. The number of nitrogens with one attached hydrogen (secondary N) is 1. The van der Waals surface area contributed by atoms with Gasteiger partial charge in [0.05, 0.1) is 6.10 Å². The van der Waals surface area contributed by atoms with Gasteiger partial charge in [-0.25, -0.2) is 8.78 Å². The Labute approximate surface area is 139 Å². The zero-order valence-corrected chi connectivity index (χ0v) is 13.7. The second kappa shape index (κ2) is 7.14. The van der Waals surface area contributed by atoms with E-state index in [9.17, 15) is 13.6 Å². The third-order valence-electron chi connectivity index (χ3n) is 5.14. The fourth-order valence-electron chi connectivity index (χ4n) is 3.84. The molecular weight excluding hydrogens is 320 g/mol. The van der Waals surface area contributed by atoms with Crippen LogP contribution in [-0.2, 0) is 16.0 Å². The van der Waals surface area contributed by atoms with E-state index < -0.39 is 13.0 Å². The van der Waals surface area contributed by atoms with Crippen molar-refractivity contribution < 1.29 is 23.0 Å². The lowest BCUT2D eigenvalue weighted by molar-refractivity contribution is -0.170. The van der Waals surface area contributed by atoms with Gasteiger partial charge in [-0.15, -0.1) is 0 Å². The van der Waals surface area contributed by atoms with Crippen molar-refractivity contribution >= 4 is 5.91 Å². The van der Waals surface area contributed by atoms with Crippen LogP contribution in [0.25, 0.3) is 0 Å². The summed E-state index contributed by atoms with van der Waals surface area (Å²) < 4.78 is 37.5. The smallest absolute Gasteiger partial charge is 0.269 e. The summed E-state index contributed by atoms with van der Waals surface area (Å²) in [6.07, 6.45) is 1.33. The molecule has 2 atom stereocenters. The molecule has 134 valence electrons. The molecule has 2 fully saturated rings. The second-order valence-electron chi connectivity index (χ2n) is 6.34. The SMILES string of the molecule is CCO[C@H]1C[C@@H](NC(=O)c2ccnn2CC(F)F)C12CCOCC2. The Bertz CT molecular complexity index is 573. The maximum absolute atomic E-state index is 12.6. The predicted octanol–water partition coefficient (Wildman–Crippen LogP) is 1.85. The van der Waals surface area contributed by atoms with Gasteiger partial charge in [-0.2, -0.15) is 5.10 Å². The number of hydrogen-bond donors (Lipinski definition) is 1. The zero-order chi connectivity index (χ0) is 17.2. The first-order valence-electron chi connectivity index (χ1n) is 8.37. The molecule has 6 nitrogen and oxygen atoms in total. The van der Waals surface area contributed by atoms with E-state index in [2.05, 4.69) is 10.4 Å². The number of carbonyl (C=O) groups excluding carboxylic acids is 1. The first-order valence-corrected chi connectivity index (χ1v) is 8.37. The van der Waals surface area contributed by atoms with E-state index in [4.69, 9.17) is 9.47 Å². The summed E-state index contributed by atoms with van der Waals surface area (Å²) >= 11 is 0. The minimum absolute atomic E-state index is 0.0275. The van der Waals surface area contributed by atoms with Crippen LogP contribution in [0.1, 0.15) is 36.7 Å². The average molecular weight is 343 g/mol. The van der Waals surface area contributed by atoms with Gasteiger partial charge in [-0.1, -0.05) is 0 Å². The first-order chi connectivity index (χ1) is 11.6. The molecule has 2 aliphatic rings. The molecule has 3 rings (SSSR count). The van der Waals surface area contributed by atoms with Gasteiger partial charge in [0.2, 0.25) is 0 Å². The van der Waals surface area contributed by atoms with Gasteiger partial charge in [-0.3, -0.25) is 9.48 Å². The number of rotatable bonds is 6. The fourth-order valence-corrected chi connectivity index (χ4v) is 3.84. The van der Waals surface area contributed by atoms with Gasteiger partial charge in [0.1, 0.15) is 12.2 Å². The van der Waals surface area contributed by atoms with Crippen LogP contribution in [0.15, 0.2) is 12.3 Å². The molecule has 1 aromatic heterocycles. The summed E-state index contributed by atoms with van der Waals surface area (Å²) in [5.41, 5.74) is 0.0506. The third-order valence-corrected chi connectivity index (χ3v) is 5.14. The minimum Gasteiger partial charge on any atom is -0.381 e. The van der Waals surface area contributed by atoms with Crippen LogP contribution in [0.2, 0.25) is 0 Å². The van der Waals surface area contributed by atoms with Crippen LogP contribution in [0, 0.1) is 5.41 Å². The molecule has 1 N–H and O–H groups in total. The average Bonchev–Trinajstić information content (AvgIpc) is 3.02. The monoisotopic (exact) mass is 343 g/mol. The number of nitrogens with zero attached hydrogens (tertiary/aromatic N) is 2. The predicted molar refractivity (Wildman–Crippen MR) is 82.0 cm³/mol. The number of alkyl halides is 2. The molecule has 0 aromatic carbocycles. The summed E-state index contributed by atoms with van der Waals surface area (Å²) in [6, 6.07) is 1.44. The molecule has 1 saturated heterocycles. The number of hydrogen-bond acceptors (Lipinski definition) is 4. The van der Waals surface area contributed by atoms with Crippen molar-refractivity contribution in [3.8, 4) is 0 Å². The van der Waals surface area contributed by atoms with Crippen LogP contribution in [0.3, 0.4) is 0 Å². The largest absolute Gasteiger partial charge is 0.381 e. The first kappa shape index (κ1) is 17.3. The fraction of sp³-hybridized carbons (Fsp3) is 0.750. The molecule has 1 aliphatic carbocycles. The second-order valence-corrected chi connectivity index (χ2v) is 6.34. The van der Waals surface area contributed by atoms with Crippen LogP contribution >= 0.6 is 0 Å². The Kier molecular flexibility index (Phi) is 5.15. The molecule has 1 aliphatic heterocycles. The molecule has 1 saturated carbocycles. The summed E-state index contributed by atoms with van der Waals surface area (Å²) in [5, 5.41) is 6.81. The van der Waals surface area contributed by atoms with Crippen LogP contribution in [-0.4, -0.2) is 54.1 Å². The van der Waals surface area contributed by atoms with E-state index in [-0.39, 0.29) is 29.2 Å². The normalized spacial score (nSPS) is 25.7. The van der Waals surface area contributed by atoms with E-state index in [1.54, 1.807) is 0 Å². The molecule has 8 heteroatoms. The van der Waals surface area contributed by atoms with Gasteiger partial charge in [0, 0.05) is 37.5 Å². The lowest BCUT2D eigenvalue weighted by Gasteiger charge is -2.57. The number of aromatic nitrogens is 2. The van der Waals surface area contributed by atoms with Gasteiger partial charge >= 0.3 is 0 Å². The molecule has 1 amide bonds. The highest BCUT2D eigenvalue weighted by molar-refractivity contribution is 5.92. The Morgan fingerprint density at radius 1 is 1.54 bits per heavy atom. The van der Waals surface area contributed by atoms with Crippen molar-refractivity contribution in [3.05, 3.63) is 18.0 Å². The standard InChI is InChI=1S/C16H23F2N3O3/c1-2-24-13-9-12(16(13)4-7-23-8-5-16)20-15(22)11-3-6-19-21(11)10-14(17)18/h3,6,12-14H,2,4-5,7-10H2,1H3,(H,20,22)/t12-,13+/m1/s1. The topological polar surface area (TPSA) is 65.4 Å². The van der Waals surface area contributed by atoms with E-state index >= 15 is 0 Å².